The molecule has 1 unspecified atom stereocenters. The summed E-state index contributed by atoms with van der Waals surface area (Å²) in [4.78, 5) is 0. The molecule has 0 nitrogen and oxygen atoms in total. The molecule has 0 aromatic rings. The highest BCUT2D eigenvalue weighted by Gasteiger charge is 2.01. The first-order chi connectivity index (χ1) is 10.8. The number of unbranched alkanes of at least 4 members (excludes halogenated alkanes) is 14. The van der Waals surface area contributed by atoms with Gasteiger partial charge in [0.1, 0.15) is 0 Å². The maximum atomic E-state index is 3.90. The number of rotatable bonds is 18. The van der Waals surface area contributed by atoms with Gasteiger partial charge in [-0.3, -0.25) is 0 Å². The largest absolute Gasteiger partial charge is 0.0654 e. The SMILES string of the molecule is [CH2]CCCCCCCCCCCCCCCC(C)CCCC. The van der Waals surface area contributed by atoms with Gasteiger partial charge in [0.15, 0.2) is 0 Å². The summed E-state index contributed by atoms with van der Waals surface area (Å²) in [6.45, 7) is 8.64. The molecule has 0 heteroatoms. The Labute approximate surface area is 142 Å². The van der Waals surface area contributed by atoms with E-state index in [4.69, 9.17) is 0 Å². The number of hydrogen-bond donors (Lipinski definition) is 0. The van der Waals surface area contributed by atoms with Crippen LogP contribution >= 0.6 is 0 Å². The van der Waals surface area contributed by atoms with Gasteiger partial charge in [0.2, 0.25) is 0 Å². The predicted molar refractivity (Wildman–Crippen MR) is 103 cm³/mol. The van der Waals surface area contributed by atoms with Crippen molar-refractivity contribution in [2.24, 2.45) is 5.92 Å². The zero-order valence-corrected chi connectivity index (χ0v) is 16.0. The minimum Gasteiger partial charge on any atom is -0.0654 e. The predicted octanol–water partition coefficient (Wildman–Crippen LogP) is 8.50. The highest BCUT2D eigenvalue weighted by molar-refractivity contribution is 4.55. The third-order valence-electron chi connectivity index (χ3n) is 5.00. The minimum atomic E-state index is 0.966. The summed E-state index contributed by atoms with van der Waals surface area (Å²) < 4.78 is 0. The lowest BCUT2D eigenvalue weighted by Crippen LogP contribution is -1.94. The van der Waals surface area contributed by atoms with E-state index < -0.39 is 0 Å². The zero-order chi connectivity index (χ0) is 16.3. The third kappa shape index (κ3) is 18.1. The van der Waals surface area contributed by atoms with Gasteiger partial charge in [0.05, 0.1) is 0 Å². The van der Waals surface area contributed by atoms with Gasteiger partial charge >= 0.3 is 0 Å². The zero-order valence-electron chi connectivity index (χ0n) is 16.0. The monoisotopic (exact) mass is 309 g/mol. The molecule has 0 aliphatic carbocycles. The Balaban J connectivity index is 3.02. The first-order valence-electron chi connectivity index (χ1n) is 10.6. The van der Waals surface area contributed by atoms with Gasteiger partial charge < -0.3 is 0 Å². The van der Waals surface area contributed by atoms with Gasteiger partial charge in [0.25, 0.3) is 0 Å². The van der Waals surface area contributed by atoms with Crippen molar-refractivity contribution >= 4 is 0 Å². The lowest BCUT2D eigenvalue weighted by molar-refractivity contribution is 0.440. The standard InChI is InChI=1S/C22H45/c1-4-6-8-9-10-11-12-13-14-15-16-17-18-19-21-22(3)20-7-5-2/h22H,1,4-21H2,2-3H3. The van der Waals surface area contributed by atoms with E-state index in [1.165, 1.54) is 109 Å². The topological polar surface area (TPSA) is 0 Å². The van der Waals surface area contributed by atoms with Gasteiger partial charge in [-0.05, 0) is 5.92 Å². The summed E-state index contributed by atoms with van der Waals surface area (Å²) in [5.41, 5.74) is 0. The van der Waals surface area contributed by atoms with Crippen LogP contribution in [0.1, 0.15) is 129 Å². The molecule has 0 saturated heterocycles. The first kappa shape index (κ1) is 22.0. The molecule has 0 aromatic carbocycles. The maximum absolute atomic E-state index is 3.90. The second-order valence-corrected chi connectivity index (χ2v) is 7.49. The van der Waals surface area contributed by atoms with Crippen molar-refractivity contribution in [1.82, 2.24) is 0 Å². The van der Waals surface area contributed by atoms with Crippen LogP contribution in [0.4, 0.5) is 0 Å². The summed E-state index contributed by atoms with van der Waals surface area (Å²) in [5.74, 6) is 0.966. The van der Waals surface area contributed by atoms with Crippen LogP contribution in [-0.2, 0) is 0 Å². The molecule has 0 amide bonds. The van der Waals surface area contributed by atoms with Crippen LogP contribution < -0.4 is 0 Å². The van der Waals surface area contributed by atoms with Gasteiger partial charge in [-0.2, -0.15) is 0 Å². The van der Waals surface area contributed by atoms with E-state index >= 15 is 0 Å². The van der Waals surface area contributed by atoms with E-state index in [1.54, 1.807) is 0 Å². The summed E-state index contributed by atoms with van der Waals surface area (Å²) >= 11 is 0. The molecule has 0 aliphatic rings. The average molecular weight is 310 g/mol. The quantitative estimate of drug-likeness (QED) is 0.223. The van der Waals surface area contributed by atoms with E-state index in [2.05, 4.69) is 20.8 Å². The Bertz CT molecular complexity index is 184. The van der Waals surface area contributed by atoms with Crippen LogP contribution in [0.5, 0.6) is 0 Å². The molecule has 0 N–H and O–H groups in total. The van der Waals surface area contributed by atoms with Crippen LogP contribution in [0, 0.1) is 12.8 Å². The highest BCUT2D eigenvalue weighted by Crippen LogP contribution is 2.17. The first-order valence-corrected chi connectivity index (χ1v) is 10.6. The highest BCUT2D eigenvalue weighted by atomic mass is 14.1. The number of hydrogen-bond acceptors (Lipinski definition) is 0. The molecule has 22 heavy (non-hydrogen) atoms. The molecule has 0 saturated carbocycles. The fraction of sp³-hybridized carbons (Fsp3) is 0.955. The van der Waals surface area contributed by atoms with Gasteiger partial charge in [-0.25, -0.2) is 0 Å². The van der Waals surface area contributed by atoms with E-state index in [0.29, 0.717) is 0 Å². The molecule has 1 radical (unpaired) electrons. The molecule has 133 valence electrons. The van der Waals surface area contributed by atoms with Gasteiger partial charge in [-0.15, -0.1) is 0 Å². The van der Waals surface area contributed by atoms with E-state index in [9.17, 15) is 0 Å². The molecule has 0 rings (SSSR count). The molecule has 0 bridgehead atoms. The Morgan fingerprint density at radius 3 is 1.32 bits per heavy atom. The summed E-state index contributed by atoms with van der Waals surface area (Å²) in [7, 11) is 0. The smallest absolute Gasteiger partial charge is 0.0443 e. The summed E-state index contributed by atoms with van der Waals surface area (Å²) in [6.07, 6.45) is 25.7. The third-order valence-corrected chi connectivity index (χ3v) is 5.00. The summed E-state index contributed by atoms with van der Waals surface area (Å²) in [6, 6.07) is 0. The molecule has 0 aromatic heterocycles. The molecular weight excluding hydrogens is 264 g/mol. The van der Waals surface area contributed by atoms with Crippen LogP contribution in [0.25, 0.3) is 0 Å². The van der Waals surface area contributed by atoms with Crippen molar-refractivity contribution in [3.05, 3.63) is 6.92 Å². The molecule has 1 atom stereocenters. The van der Waals surface area contributed by atoms with Crippen molar-refractivity contribution in [2.75, 3.05) is 0 Å². The van der Waals surface area contributed by atoms with E-state index in [0.717, 1.165) is 12.3 Å². The fourth-order valence-corrected chi connectivity index (χ4v) is 3.31. The second kappa shape index (κ2) is 19.0. The second-order valence-electron chi connectivity index (χ2n) is 7.49. The van der Waals surface area contributed by atoms with Crippen molar-refractivity contribution < 1.29 is 0 Å². The molecule has 0 spiro atoms. The van der Waals surface area contributed by atoms with Crippen molar-refractivity contribution in [2.45, 2.75) is 129 Å². The average Bonchev–Trinajstić information content (AvgIpc) is 2.53. The van der Waals surface area contributed by atoms with Crippen LogP contribution in [0.3, 0.4) is 0 Å². The minimum absolute atomic E-state index is 0.966. The van der Waals surface area contributed by atoms with E-state index in [-0.39, 0.29) is 0 Å². The van der Waals surface area contributed by atoms with E-state index in [1.807, 2.05) is 0 Å². The van der Waals surface area contributed by atoms with Crippen molar-refractivity contribution in [1.29, 1.82) is 0 Å². The van der Waals surface area contributed by atoms with Crippen LogP contribution in [0.2, 0.25) is 0 Å². The molecule has 0 heterocycles. The molecule has 0 aliphatic heterocycles. The Kier molecular flexibility index (Phi) is 19.0. The fourth-order valence-electron chi connectivity index (χ4n) is 3.31. The lowest BCUT2D eigenvalue weighted by atomic mass is 9.97. The van der Waals surface area contributed by atoms with Gasteiger partial charge in [-0.1, -0.05) is 136 Å². The molecular formula is C22H45. The van der Waals surface area contributed by atoms with Gasteiger partial charge in [0, 0.05) is 0 Å². The van der Waals surface area contributed by atoms with Crippen molar-refractivity contribution in [3.63, 3.8) is 0 Å². The lowest BCUT2D eigenvalue weighted by Gasteiger charge is -2.10. The maximum Gasteiger partial charge on any atom is -0.0443 e. The molecule has 0 fully saturated rings. The Morgan fingerprint density at radius 2 is 0.909 bits per heavy atom. The van der Waals surface area contributed by atoms with Crippen molar-refractivity contribution in [3.8, 4) is 0 Å². The summed E-state index contributed by atoms with van der Waals surface area (Å²) in [5, 5.41) is 0. The Morgan fingerprint density at radius 1 is 0.545 bits per heavy atom. The van der Waals surface area contributed by atoms with Crippen LogP contribution in [0.15, 0.2) is 0 Å². The van der Waals surface area contributed by atoms with Crippen LogP contribution in [-0.4, -0.2) is 0 Å². The normalized spacial score (nSPS) is 12.7. The Hall–Kier alpha value is 0.